The van der Waals surface area contributed by atoms with Crippen LogP contribution >= 0.6 is 0 Å². The predicted molar refractivity (Wildman–Crippen MR) is 95.1 cm³/mol. The number of nitrogens with one attached hydrogen (secondary N) is 2. The molecule has 0 unspecified atom stereocenters. The van der Waals surface area contributed by atoms with Crippen LogP contribution in [0.15, 0.2) is 30.3 Å². The van der Waals surface area contributed by atoms with Crippen molar-refractivity contribution in [2.75, 3.05) is 11.9 Å². The molecule has 0 spiro atoms. The van der Waals surface area contributed by atoms with Gasteiger partial charge in [0.15, 0.2) is 0 Å². The Morgan fingerprint density at radius 2 is 1.92 bits per heavy atom. The molecule has 0 saturated heterocycles. The number of carbonyl (C=O) groups is 1. The van der Waals surface area contributed by atoms with E-state index >= 15 is 0 Å². The number of amides is 2. The van der Waals surface area contributed by atoms with Gasteiger partial charge in [0.25, 0.3) is 0 Å². The zero-order chi connectivity index (χ0) is 17.9. The minimum Gasteiger partial charge on any atom is -0.394 e. The molecule has 1 aromatic carbocycles. The third kappa shape index (κ3) is 3.59. The van der Waals surface area contributed by atoms with Crippen molar-refractivity contribution in [3.63, 3.8) is 0 Å². The third-order valence-corrected chi connectivity index (χ3v) is 4.17. The van der Waals surface area contributed by atoms with Gasteiger partial charge in [0.1, 0.15) is 0 Å². The van der Waals surface area contributed by atoms with Crippen LogP contribution in [0.1, 0.15) is 43.8 Å². The number of hydrogen-bond donors (Lipinski definition) is 3. The fourth-order valence-electron chi connectivity index (χ4n) is 2.75. The van der Waals surface area contributed by atoms with Crippen molar-refractivity contribution in [2.24, 2.45) is 0 Å². The number of aromatic nitrogens is 2. The molecule has 24 heavy (non-hydrogen) atoms. The van der Waals surface area contributed by atoms with Gasteiger partial charge in [-0.3, -0.25) is 4.68 Å². The Balaban J connectivity index is 2.19. The van der Waals surface area contributed by atoms with Gasteiger partial charge in [-0.15, -0.1) is 0 Å². The first-order chi connectivity index (χ1) is 11.3. The van der Waals surface area contributed by atoms with E-state index in [9.17, 15) is 9.90 Å². The summed E-state index contributed by atoms with van der Waals surface area (Å²) in [5.74, 6) is 0. The number of rotatable bonds is 5. The molecule has 3 N–H and O–H groups in total. The molecule has 0 fully saturated rings. The smallest absolute Gasteiger partial charge is 0.320 e. The Hall–Kier alpha value is -2.34. The van der Waals surface area contributed by atoms with Gasteiger partial charge < -0.3 is 15.7 Å². The zero-order valence-electron chi connectivity index (χ0n) is 14.9. The first-order valence-corrected chi connectivity index (χ1v) is 8.09. The van der Waals surface area contributed by atoms with Crippen LogP contribution in [0.3, 0.4) is 0 Å². The molecule has 0 bridgehead atoms. The lowest BCUT2D eigenvalue weighted by atomic mass is 9.93. The van der Waals surface area contributed by atoms with Gasteiger partial charge in [0, 0.05) is 6.04 Å². The Kier molecular flexibility index (Phi) is 5.29. The summed E-state index contributed by atoms with van der Waals surface area (Å²) in [6.07, 6.45) is 0. The summed E-state index contributed by atoms with van der Waals surface area (Å²) in [6.45, 7) is 9.47. The first kappa shape index (κ1) is 18.0. The van der Waals surface area contributed by atoms with Gasteiger partial charge in [0.05, 0.1) is 29.2 Å². The number of anilines is 1. The van der Waals surface area contributed by atoms with Crippen LogP contribution in [0.4, 0.5) is 10.5 Å². The van der Waals surface area contributed by atoms with Crippen LogP contribution in [0.2, 0.25) is 0 Å². The minimum absolute atomic E-state index is 0.201. The van der Waals surface area contributed by atoms with Gasteiger partial charge in [-0.05, 0) is 40.2 Å². The number of nitrogens with zero attached hydrogens (tertiary/aromatic N) is 2. The topological polar surface area (TPSA) is 79.2 Å². The SMILES string of the molecule is Cc1nn(C(C)C)c(C)c1NC(=O)N[C@](C)(CO)c1ccccc1. The van der Waals surface area contributed by atoms with Crippen LogP contribution < -0.4 is 10.6 Å². The molecule has 1 aromatic heterocycles. The van der Waals surface area contributed by atoms with Crippen molar-refractivity contribution >= 4 is 11.7 Å². The number of benzene rings is 1. The molecule has 0 radical (unpaired) electrons. The molecule has 2 aromatic rings. The lowest BCUT2D eigenvalue weighted by molar-refractivity contribution is 0.176. The maximum absolute atomic E-state index is 12.5. The van der Waals surface area contributed by atoms with Crippen molar-refractivity contribution in [3.8, 4) is 0 Å². The van der Waals surface area contributed by atoms with Crippen LogP contribution in [0.25, 0.3) is 0 Å². The van der Waals surface area contributed by atoms with Gasteiger partial charge in [-0.2, -0.15) is 5.10 Å². The van der Waals surface area contributed by atoms with E-state index in [-0.39, 0.29) is 18.7 Å². The molecule has 0 aliphatic carbocycles. The quantitative estimate of drug-likeness (QED) is 0.788. The molecular formula is C18H26N4O2. The summed E-state index contributed by atoms with van der Waals surface area (Å²) in [5.41, 5.74) is 2.36. The fourth-order valence-corrected chi connectivity index (χ4v) is 2.75. The van der Waals surface area contributed by atoms with Gasteiger partial charge in [0.2, 0.25) is 0 Å². The molecule has 1 heterocycles. The van der Waals surface area contributed by atoms with Crippen LogP contribution in [-0.4, -0.2) is 27.5 Å². The van der Waals surface area contributed by atoms with Gasteiger partial charge >= 0.3 is 6.03 Å². The van der Waals surface area contributed by atoms with Gasteiger partial charge in [-0.1, -0.05) is 30.3 Å². The summed E-state index contributed by atoms with van der Waals surface area (Å²) < 4.78 is 1.88. The highest BCUT2D eigenvalue weighted by Crippen LogP contribution is 2.24. The number of carbonyl (C=O) groups excluding carboxylic acids is 1. The van der Waals surface area contributed by atoms with Crippen molar-refractivity contribution in [2.45, 2.75) is 46.2 Å². The third-order valence-electron chi connectivity index (χ3n) is 4.17. The predicted octanol–water partition coefficient (Wildman–Crippen LogP) is 3.11. The lowest BCUT2D eigenvalue weighted by Crippen LogP contribution is -2.48. The Morgan fingerprint density at radius 3 is 2.42 bits per heavy atom. The Morgan fingerprint density at radius 1 is 1.29 bits per heavy atom. The average Bonchev–Trinajstić information content (AvgIpc) is 2.84. The second kappa shape index (κ2) is 7.05. The van der Waals surface area contributed by atoms with Crippen molar-refractivity contribution in [3.05, 3.63) is 47.3 Å². The summed E-state index contributed by atoms with van der Waals surface area (Å²) >= 11 is 0. The molecule has 1 atom stereocenters. The molecule has 6 nitrogen and oxygen atoms in total. The number of aliphatic hydroxyl groups excluding tert-OH is 1. The molecule has 2 rings (SSSR count). The molecule has 130 valence electrons. The maximum Gasteiger partial charge on any atom is 0.320 e. The Bertz CT molecular complexity index is 709. The van der Waals surface area contributed by atoms with Crippen molar-refractivity contribution in [1.29, 1.82) is 0 Å². The molecule has 0 aliphatic rings. The lowest BCUT2D eigenvalue weighted by Gasteiger charge is -2.29. The van der Waals surface area contributed by atoms with E-state index in [1.165, 1.54) is 0 Å². The highest BCUT2D eigenvalue weighted by Gasteiger charge is 2.28. The van der Waals surface area contributed by atoms with E-state index in [2.05, 4.69) is 15.7 Å². The highest BCUT2D eigenvalue weighted by atomic mass is 16.3. The molecular weight excluding hydrogens is 304 g/mol. The fraction of sp³-hybridized carbons (Fsp3) is 0.444. The van der Waals surface area contributed by atoms with E-state index in [1.54, 1.807) is 6.92 Å². The second-order valence-corrected chi connectivity index (χ2v) is 6.52. The normalized spacial score (nSPS) is 13.6. The second-order valence-electron chi connectivity index (χ2n) is 6.52. The van der Waals surface area contributed by atoms with E-state index < -0.39 is 5.54 Å². The molecule has 0 aliphatic heterocycles. The molecule has 6 heteroatoms. The summed E-state index contributed by atoms with van der Waals surface area (Å²) in [7, 11) is 0. The monoisotopic (exact) mass is 330 g/mol. The van der Waals surface area contributed by atoms with Crippen LogP contribution in [-0.2, 0) is 5.54 Å². The number of aliphatic hydroxyl groups is 1. The summed E-state index contributed by atoms with van der Waals surface area (Å²) in [6, 6.07) is 9.26. The van der Waals surface area contributed by atoms with E-state index in [4.69, 9.17) is 0 Å². The largest absolute Gasteiger partial charge is 0.394 e. The zero-order valence-corrected chi connectivity index (χ0v) is 14.9. The van der Waals surface area contributed by atoms with Gasteiger partial charge in [-0.25, -0.2) is 4.79 Å². The summed E-state index contributed by atoms with van der Waals surface area (Å²) in [4.78, 5) is 12.5. The first-order valence-electron chi connectivity index (χ1n) is 8.09. The highest BCUT2D eigenvalue weighted by molar-refractivity contribution is 5.91. The average molecular weight is 330 g/mol. The Labute approximate surface area is 142 Å². The van der Waals surface area contributed by atoms with Crippen molar-refractivity contribution < 1.29 is 9.90 Å². The standard InChI is InChI=1S/C18H26N4O2/c1-12(2)22-14(4)16(13(3)21-22)19-17(24)20-18(5,11-23)15-9-7-6-8-10-15/h6-10,12,23H,11H2,1-5H3,(H2,19,20,24)/t18-/m1/s1. The molecule has 0 saturated carbocycles. The van der Waals surface area contributed by atoms with Crippen molar-refractivity contribution in [1.82, 2.24) is 15.1 Å². The summed E-state index contributed by atoms with van der Waals surface area (Å²) in [5, 5.41) is 20.0. The molecule has 2 amide bonds. The van der Waals surface area contributed by atoms with Crippen LogP contribution in [0, 0.1) is 13.8 Å². The number of urea groups is 1. The number of aryl methyl sites for hydroxylation is 1. The van der Waals surface area contributed by atoms with Crippen LogP contribution in [0.5, 0.6) is 0 Å². The maximum atomic E-state index is 12.5. The van der Waals surface area contributed by atoms with E-state index in [1.807, 2.05) is 62.7 Å². The van der Waals surface area contributed by atoms with E-state index in [0.29, 0.717) is 5.69 Å². The van der Waals surface area contributed by atoms with E-state index in [0.717, 1.165) is 17.0 Å². The number of hydrogen-bond acceptors (Lipinski definition) is 3. The minimum atomic E-state index is -0.860.